The summed E-state index contributed by atoms with van der Waals surface area (Å²) in [7, 11) is 1.92. The van der Waals surface area contributed by atoms with Crippen molar-refractivity contribution in [3.8, 4) is 0 Å². The molecule has 2 unspecified atom stereocenters. The van der Waals surface area contributed by atoms with E-state index < -0.39 is 0 Å². The molecule has 1 aromatic carbocycles. The lowest BCUT2D eigenvalue weighted by Crippen LogP contribution is -2.10. The lowest BCUT2D eigenvalue weighted by atomic mass is 10.0. The van der Waals surface area contributed by atoms with Crippen LogP contribution in [0.5, 0.6) is 0 Å². The van der Waals surface area contributed by atoms with Gasteiger partial charge in [-0.25, -0.2) is 0 Å². The molecule has 3 nitrogen and oxygen atoms in total. The molecule has 1 aliphatic rings. The molecule has 0 bridgehead atoms. The molecule has 1 fully saturated rings. The molecular formula is C17H20N2O. The number of rotatable bonds is 5. The van der Waals surface area contributed by atoms with Crippen LogP contribution in [0.1, 0.15) is 36.2 Å². The highest BCUT2D eigenvalue weighted by molar-refractivity contribution is 5.86. The Morgan fingerprint density at radius 1 is 1.35 bits per heavy atom. The third kappa shape index (κ3) is 2.53. The smallest absolute Gasteiger partial charge is 0.142 e. The van der Waals surface area contributed by atoms with Crippen molar-refractivity contribution in [3.05, 3.63) is 53.3 Å². The summed E-state index contributed by atoms with van der Waals surface area (Å²) in [5, 5.41) is 4.40. The highest BCUT2D eigenvalue weighted by Gasteiger charge is 2.43. The molecule has 1 aliphatic carbocycles. The number of benzene rings is 1. The van der Waals surface area contributed by atoms with E-state index in [1.807, 2.05) is 29.9 Å². The number of hydrogen-bond acceptors (Lipinski definition) is 2. The molecule has 0 radical (unpaired) electrons. The van der Waals surface area contributed by atoms with Gasteiger partial charge >= 0.3 is 0 Å². The summed E-state index contributed by atoms with van der Waals surface area (Å²) in [6.07, 6.45) is 2.43. The zero-order chi connectivity index (χ0) is 14.1. The highest BCUT2D eigenvalue weighted by Crippen LogP contribution is 2.48. The van der Waals surface area contributed by atoms with Crippen LogP contribution in [0.15, 0.2) is 36.4 Å². The Bertz CT molecular complexity index is 615. The monoisotopic (exact) mass is 268 g/mol. The van der Waals surface area contributed by atoms with E-state index in [9.17, 15) is 4.79 Å². The Balaban J connectivity index is 1.65. The molecule has 2 aromatic rings. The third-order valence-corrected chi connectivity index (χ3v) is 4.18. The van der Waals surface area contributed by atoms with Crippen LogP contribution in [0.3, 0.4) is 0 Å². The van der Waals surface area contributed by atoms with Gasteiger partial charge in [-0.15, -0.1) is 0 Å². The van der Waals surface area contributed by atoms with Gasteiger partial charge in [-0.3, -0.25) is 9.48 Å². The zero-order valence-electron chi connectivity index (χ0n) is 12.0. The van der Waals surface area contributed by atoms with Crippen LogP contribution in [-0.4, -0.2) is 15.6 Å². The van der Waals surface area contributed by atoms with Gasteiger partial charge in [0.25, 0.3) is 0 Å². The van der Waals surface area contributed by atoms with Crippen LogP contribution in [0.25, 0.3) is 0 Å². The number of Topliss-reactive ketones (excluding diaryl/α,β-unsaturated/α-hetero) is 1. The topological polar surface area (TPSA) is 34.9 Å². The molecular weight excluding hydrogens is 248 g/mol. The summed E-state index contributed by atoms with van der Waals surface area (Å²) in [4.78, 5) is 12.4. The zero-order valence-corrected chi connectivity index (χ0v) is 12.0. The first kappa shape index (κ1) is 13.1. The van der Waals surface area contributed by atoms with E-state index in [1.165, 1.54) is 5.56 Å². The molecule has 0 saturated heterocycles. The Morgan fingerprint density at radius 3 is 2.75 bits per heavy atom. The van der Waals surface area contributed by atoms with E-state index >= 15 is 0 Å². The van der Waals surface area contributed by atoms with E-state index in [0.717, 1.165) is 24.2 Å². The molecule has 1 saturated carbocycles. The molecule has 3 rings (SSSR count). The molecule has 1 heterocycles. The average Bonchev–Trinajstić information content (AvgIpc) is 3.20. The number of carbonyl (C=O) groups is 1. The fourth-order valence-corrected chi connectivity index (χ4v) is 2.84. The first-order valence-corrected chi connectivity index (χ1v) is 7.28. The minimum atomic E-state index is 0.206. The predicted octanol–water partition coefficient (Wildman–Crippen LogP) is 2.90. The van der Waals surface area contributed by atoms with Crippen LogP contribution in [0, 0.1) is 5.92 Å². The van der Waals surface area contributed by atoms with E-state index in [2.05, 4.69) is 30.2 Å². The van der Waals surface area contributed by atoms with Gasteiger partial charge < -0.3 is 0 Å². The fraction of sp³-hybridized carbons (Fsp3) is 0.412. The van der Waals surface area contributed by atoms with E-state index in [4.69, 9.17) is 0 Å². The number of aryl methyl sites for hydroxylation is 2. The van der Waals surface area contributed by atoms with E-state index in [1.54, 1.807) is 0 Å². The standard InChI is InChI=1S/C17H20N2O/c1-3-13-9-14(19(2)18-13)10-17(20)16-11-15(16)12-7-5-4-6-8-12/h4-9,15-16H,3,10-11H2,1-2H3. The average molecular weight is 268 g/mol. The third-order valence-electron chi connectivity index (χ3n) is 4.18. The predicted molar refractivity (Wildman–Crippen MR) is 78.6 cm³/mol. The lowest BCUT2D eigenvalue weighted by molar-refractivity contribution is -0.119. The molecule has 104 valence electrons. The maximum Gasteiger partial charge on any atom is 0.142 e. The number of hydrogen-bond donors (Lipinski definition) is 0. The molecule has 0 aliphatic heterocycles. The van der Waals surface area contributed by atoms with Crippen LogP contribution in [0.2, 0.25) is 0 Å². The van der Waals surface area contributed by atoms with Crippen molar-refractivity contribution >= 4 is 5.78 Å². The molecule has 1 aromatic heterocycles. The number of ketones is 1. The summed E-state index contributed by atoms with van der Waals surface area (Å²) in [6, 6.07) is 12.4. The first-order chi connectivity index (χ1) is 9.69. The number of aromatic nitrogens is 2. The SMILES string of the molecule is CCc1cc(CC(=O)C2CC2c2ccccc2)n(C)n1. The van der Waals surface area contributed by atoms with Crippen molar-refractivity contribution < 1.29 is 4.79 Å². The first-order valence-electron chi connectivity index (χ1n) is 7.28. The second kappa shape index (κ2) is 5.23. The van der Waals surface area contributed by atoms with Crippen LogP contribution >= 0.6 is 0 Å². The van der Waals surface area contributed by atoms with Crippen molar-refractivity contribution in [3.63, 3.8) is 0 Å². The van der Waals surface area contributed by atoms with Gasteiger partial charge in [0.2, 0.25) is 0 Å². The number of nitrogens with zero attached hydrogens (tertiary/aromatic N) is 2. The van der Waals surface area contributed by atoms with Gasteiger partial charge in [0.15, 0.2) is 0 Å². The Kier molecular flexibility index (Phi) is 3.43. The minimum Gasteiger partial charge on any atom is -0.299 e. The van der Waals surface area contributed by atoms with Crippen molar-refractivity contribution in [1.82, 2.24) is 9.78 Å². The summed E-state index contributed by atoms with van der Waals surface area (Å²) >= 11 is 0. The van der Waals surface area contributed by atoms with Crippen molar-refractivity contribution in [2.24, 2.45) is 13.0 Å². The molecule has 0 spiro atoms. The van der Waals surface area contributed by atoms with E-state index in [-0.39, 0.29) is 5.92 Å². The summed E-state index contributed by atoms with van der Waals surface area (Å²) in [5.74, 6) is 0.990. The van der Waals surface area contributed by atoms with Gasteiger partial charge in [0, 0.05) is 25.1 Å². The largest absolute Gasteiger partial charge is 0.299 e. The van der Waals surface area contributed by atoms with Gasteiger partial charge in [0.05, 0.1) is 5.69 Å². The Morgan fingerprint density at radius 2 is 2.10 bits per heavy atom. The Labute approximate surface area is 119 Å². The van der Waals surface area contributed by atoms with Crippen molar-refractivity contribution in [1.29, 1.82) is 0 Å². The van der Waals surface area contributed by atoms with Gasteiger partial charge in [-0.1, -0.05) is 37.3 Å². The molecule has 20 heavy (non-hydrogen) atoms. The van der Waals surface area contributed by atoms with Crippen molar-refractivity contribution in [2.75, 3.05) is 0 Å². The van der Waals surface area contributed by atoms with Crippen LogP contribution in [-0.2, 0) is 24.7 Å². The fourth-order valence-electron chi connectivity index (χ4n) is 2.84. The number of carbonyl (C=O) groups excluding carboxylic acids is 1. The van der Waals surface area contributed by atoms with Crippen LogP contribution in [0.4, 0.5) is 0 Å². The second-order valence-electron chi connectivity index (χ2n) is 5.61. The lowest BCUT2D eigenvalue weighted by Gasteiger charge is -2.02. The molecule has 2 atom stereocenters. The maximum atomic E-state index is 12.4. The van der Waals surface area contributed by atoms with Gasteiger partial charge in [-0.05, 0) is 30.4 Å². The second-order valence-corrected chi connectivity index (χ2v) is 5.61. The highest BCUT2D eigenvalue weighted by atomic mass is 16.1. The van der Waals surface area contributed by atoms with E-state index in [0.29, 0.717) is 18.1 Å². The molecule has 0 amide bonds. The van der Waals surface area contributed by atoms with Gasteiger partial charge in [0.1, 0.15) is 5.78 Å². The Hall–Kier alpha value is -1.90. The summed E-state index contributed by atoms with van der Waals surface area (Å²) < 4.78 is 1.84. The molecule has 0 N–H and O–H groups in total. The van der Waals surface area contributed by atoms with Crippen LogP contribution < -0.4 is 0 Å². The minimum absolute atomic E-state index is 0.206. The van der Waals surface area contributed by atoms with Crippen molar-refractivity contribution in [2.45, 2.75) is 32.1 Å². The maximum absolute atomic E-state index is 12.4. The molecule has 3 heteroatoms. The summed E-state index contributed by atoms with van der Waals surface area (Å²) in [5.41, 5.74) is 3.39. The quantitative estimate of drug-likeness (QED) is 0.835. The van der Waals surface area contributed by atoms with Gasteiger partial charge in [-0.2, -0.15) is 5.10 Å². The summed E-state index contributed by atoms with van der Waals surface area (Å²) in [6.45, 7) is 2.08. The normalized spacial score (nSPS) is 20.9.